The van der Waals surface area contributed by atoms with Crippen LogP contribution in [0.2, 0.25) is 0 Å². The predicted molar refractivity (Wildman–Crippen MR) is 83.2 cm³/mol. The summed E-state index contributed by atoms with van der Waals surface area (Å²) in [6.45, 7) is 4.10. The third kappa shape index (κ3) is 2.86. The summed E-state index contributed by atoms with van der Waals surface area (Å²) in [6, 6.07) is 5.96. The summed E-state index contributed by atoms with van der Waals surface area (Å²) in [7, 11) is 1.63. The number of methoxy groups -OCH3 is 1. The highest BCUT2D eigenvalue weighted by atomic mass is 79.9. The highest BCUT2D eigenvalue weighted by Gasteiger charge is 2.20. The van der Waals surface area contributed by atoms with Crippen LogP contribution in [0.3, 0.4) is 0 Å². The van der Waals surface area contributed by atoms with Crippen molar-refractivity contribution in [2.75, 3.05) is 7.11 Å². The Hall–Kier alpha value is -0.840. The van der Waals surface area contributed by atoms with Crippen molar-refractivity contribution in [1.29, 1.82) is 0 Å². The van der Waals surface area contributed by atoms with Crippen molar-refractivity contribution < 1.29 is 9.84 Å². The molecule has 1 aromatic carbocycles. The molecule has 1 atom stereocenters. The summed E-state index contributed by atoms with van der Waals surface area (Å²) in [6.07, 6.45) is 0.285. The Balaban J connectivity index is 2.49. The molecule has 0 aliphatic carbocycles. The molecule has 4 heteroatoms. The second-order valence-electron chi connectivity index (χ2n) is 4.41. The van der Waals surface area contributed by atoms with Gasteiger partial charge >= 0.3 is 0 Å². The van der Waals surface area contributed by atoms with Crippen molar-refractivity contribution in [1.82, 2.24) is 0 Å². The van der Waals surface area contributed by atoms with Crippen molar-refractivity contribution in [3.05, 3.63) is 49.6 Å². The molecule has 0 radical (unpaired) electrons. The monoisotopic (exact) mass is 340 g/mol. The van der Waals surface area contributed by atoms with Crippen LogP contribution in [0.25, 0.3) is 0 Å². The Kier molecular flexibility index (Phi) is 4.66. The van der Waals surface area contributed by atoms with Crippen molar-refractivity contribution >= 4 is 27.3 Å². The maximum atomic E-state index is 10.6. The van der Waals surface area contributed by atoms with Crippen molar-refractivity contribution in [2.45, 2.75) is 26.4 Å². The highest BCUT2D eigenvalue weighted by molar-refractivity contribution is 9.10. The molecule has 1 unspecified atom stereocenters. The summed E-state index contributed by atoms with van der Waals surface area (Å²) >= 11 is 5.10. The number of halogens is 1. The van der Waals surface area contributed by atoms with Crippen LogP contribution in [0, 0.1) is 6.92 Å². The molecule has 0 amide bonds. The zero-order chi connectivity index (χ0) is 14.0. The molecular weight excluding hydrogens is 324 g/mol. The molecule has 2 nitrogen and oxygen atoms in total. The normalized spacial score (nSPS) is 12.5. The van der Waals surface area contributed by atoms with Crippen LogP contribution in [-0.4, -0.2) is 12.2 Å². The van der Waals surface area contributed by atoms with Crippen LogP contribution >= 0.6 is 27.3 Å². The Morgan fingerprint density at radius 1 is 1.42 bits per heavy atom. The fraction of sp³-hybridized carbons (Fsp3) is 0.333. The average Bonchev–Trinajstić information content (AvgIpc) is 2.88. The molecule has 0 spiro atoms. The molecule has 0 aliphatic rings. The van der Waals surface area contributed by atoms with Gasteiger partial charge in [0, 0.05) is 14.9 Å². The van der Waals surface area contributed by atoms with E-state index in [-0.39, 0.29) is 0 Å². The van der Waals surface area contributed by atoms with Gasteiger partial charge in [-0.15, -0.1) is 11.3 Å². The fourth-order valence-corrected chi connectivity index (χ4v) is 3.44. The largest absolute Gasteiger partial charge is 0.496 e. The summed E-state index contributed by atoms with van der Waals surface area (Å²) in [5, 5.41) is 12.7. The Labute approximate surface area is 126 Å². The van der Waals surface area contributed by atoms with E-state index in [1.165, 1.54) is 5.56 Å². The lowest BCUT2D eigenvalue weighted by Crippen LogP contribution is -2.03. The maximum absolute atomic E-state index is 10.6. The highest BCUT2D eigenvalue weighted by Crippen LogP contribution is 2.37. The van der Waals surface area contributed by atoms with Crippen LogP contribution in [0.5, 0.6) is 5.75 Å². The van der Waals surface area contributed by atoms with Gasteiger partial charge in [-0.25, -0.2) is 0 Å². The lowest BCUT2D eigenvalue weighted by molar-refractivity contribution is 0.217. The van der Waals surface area contributed by atoms with E-state index < -0.39 is 6.10 Å². The van der Waals surface area contributed by atoms with E-state index in [1.807, 2.05) is 24.4 Å². The Morgan fingerprint density at radius 2 is 2.16 bits per heavy atom. The van der Waals surface area contributed by atoms with E-state index in [9.17, 15) is 5.11 Å². The van der Waals surface area contributed by atoms with Gasteiger partial charge in [0.1, 0.15) is 11.9 Å². The second kappa shape index (κ2) is 6.07. The van der Waals surface area contributed by atoms with Gasteiger partial charge in [-0.05, 0) is 48.1 Å². The average molecular weight is 341 g/mol. The van der Waals surface area contributed by atoms with Crippen molar-refractivity contribution in [3.63, 3.8) is 0 Å². The van der Waals surface area contributed by atoms with E-state index in [1.54, 1.807) is 18.4 Å². The summed E-state index contributed by atoms with van der Waals surface area (Å²) in [4.78, 5) is 0.997. The lowest BCUT2D eigenvalue weighted by Gasteiger charge is -2.16. The maximum Gasteiger partial charge on any atom is 0.125 e. The minimum Gasteiger partial charge on any atom is -0.496 e. The van der Waals surface area contributed by atoms with Crippen molar-refractivity contribution in [3.8, 4) is 5.75 Å². The third-order valence-electron chi connectivity index (χ3n) is 3.22. The number of ether oxygens (including phenoxy) is 1. The van der Waals surface area contributed by atoms with E-state index in [4.69, 9.17) is 4.74 Å². The first-order chi connectivity index (χ1) is 9.08. The number of hydrogen-bond donors (Lipinski definition) is 1. The molecular formula is C15H17BrO2S. The van der Waals surface area contributed by atoms with Crippen molar-refractivity contribution in [2.24, 2.45) is 0 Å². The quantitative estimate of drug-likeness (QED) is 0.889. The smallest absolute Gasteiger partial charge is 0.125 e. The Morgan fingerprint density at radius 3 is 2.79 bits per heavy atom. The number of benzene rings is 1. The minimum absolute atomic E-state index is 0.637. The molecule has 19 heavy (non-hydrogen) atoms. The first kappa shape index (κ1) is 14.6. The van der Waals surface area contributed by atoms with Gasteiger partial charge < -0.3 is 9.84 Å². The van der Waals surface area contributed by atoms with Crippen LogP contribution < -0.4 is 4.74 Å². The van der Waals surface area contributed by atoms with E-state index >= 15 is 0 Å². The van der Waals surface area contributed by atoms with E-state index in [0.29, 0.717) is 0 Å². The number of hydrogen-bond acceptors (Lipinski definition) is 3. The van der Waals surface area contributed by atoms with Gasteiger partial charge in [0.2, 0.25) is 0 Å². The molecule has 1 N–H and O–H groups in total. The summed E-state index contributed by atoms with van der Waals surface area (Å²) in [5.41, 5.74) is 3.09. The first-order valence-corrected chi connectivity index (χ1v) is 7.84. The standard InChI is InChI=1S/C15H17BrO2S/c1-4-10-5-6-19-15(10)14(17)11-8-12(16)9(2)7-13(11)18-3/h5-8,14,17H,4H2,1-3H3. The molecule has 0 bridgehead atoms. The molecule has 1 aromatic heterocycles. The first-order valence-electron chi connectivity index (χ1n) is 6.16. The van der Waals surface area contributed by atoms with Crippen LogP contribution in [0.15, 0.2) is 28.1 Å². The number of rotatable bonds is 4. The van der Waals surface area contributed by atoms with Gasteiger partial charge in [0.15, 0.2) is 0 Å². The van der Waals surface area contributed by atoms with Crippen LogP contribution in [-0.2, 0) is 6.42 Å². The summed E-state index contributed by atoms with van der Waals surface area (Å²) < 4.78 is 6.38. The number of aliphatic hydroxyl groups is 1. The van der Waals surface area contributed by atoms with Gasteiger partial charge in [-0.2, -0.15) is 0 Å². The van der Waals surface area contributed by atoms with Gasteiger partial charge in [0.05, 0.1) is 7.11 Å². The van der Waals surface area contributed by atoms with Gasteiger partial charge in [0.25, 0.3) is 0 Å². The van der Waals surface area contributed by atoms with Crippen LogP contribution in [0.1, 0.15) is 34.6 Å². The number of aryl methyl sites for hydroxylation is 2. The molecule has 2 rings (SSSR count). The molecule has 2 aromatic rings. The molecule has 1 heterocycles. The van der Waals surface area contributed by atoms with E-state index in [0.717, 1.165) is 32.6 Å². The molecule has 0 saturated carbocycles. The zero-order valence-corrected chi connectivity index (χ0v) is 13.6. The Bertz CT molecular complexity index is 578. The number of thiophene rings is 1. The molecule has 0 saturated heterocycles. The summed E-state index contributed by atoms with van der Waals surface area (Å²) in [5.74, 6) is 0.726. The fourth-order valence-electron chi connectivity index (χ4n) is 2.08. The zero-order valence-electron chi connectivity index (χ0n) is 11.2. The molecule has 0 fully saturated rings. The lowest BCUT2D eigenvalue weighted by atomic mass is 10.0. The van der Waals surface area contributed by atoms with Gasteiger partial charge in [-0.3, -0.25) is 0 Å². The van der Waals surface area contributed by atoms with Gasteiger partial charge in [-0.1, -0.05) is 22.9 Å². The molecule has 0 aliphatic heterocycles. The third-order valence-corrected chi connectivity index (χ3v) is 5.08. The van der Waals surface area contributed by atoms with E-state index in [2.05, 4.69) is 28.9 Å². The predicted octanol–water partition coefficient (Wildman–Crippen LogP) is 4.47. The molecule has 102 valence electrons. The van der Waals surface area contributed by atoms with Crippen LogP contribution in [0.4, 0.5) is 0 Å². The second-order valence-corrected chi connectivity index (χ2v) is 6.21. The topological polar surface area (TPSA) is 29.5 Å². The minimum atomic E-state index is -0.637. The number of aliphatic hydroxyl groups excluding tert-OH is 1. The SMILES string of the molecule is CCc1ccsc1C(O)c1cc(Br)c(C)cc1OC.